The van der Waals surface area contributed by atoms with Crippen LogP contribution in [-0.4, -0.2) is 55.0 Å². The third-order valence-corrected chi connectivity index (χ3v) is 4.63. The number of alkyl halides is 2. The van der Waals surface area contributed by atoms with Crippen molar-refractivity contribution in [1.29, 1.82) is 0 Å². The lowest BCUT2D eigenvalue weighted by Crippen LogP contribution is -2.37. The van der Waals surface area contributed by atoms with E-state index in [4.69, 9.17) is 10.2 Å². The Kier molecular flexibility index (Phi) is 5.76. The Hall–Kier alpha value is -1.58. The van der Waals surface area contributed by atoms with Gasteiger partial charge >= 0.3 is 5.97 Å². The standard InChI is InChI=1S/C12H15F2NO5S/c1-8-2-3-9(6-10(8)12(17)18)21(19,20)15(4-5-16)7-11(13)14/h2-3,6,11,16H,4-5,7H2,1H3,(H,17,18). The monoisotopic (exact) mass is 323 g/mol. The van der Waals surface area contributed by atoms with Crippen molar-refractivity contribution in [3.63, 3.8) is 0 Å². The van der Waals surface area contributed by atoms with Gasteiger partial charge in [-0.05, 0) is 24.6 Å². The highest BCUT2D eigenvalue weighted by molar-refractivity contribution is 7.89. The van der Waals surface area contributed by atoms with E-state index in [0.717, 1.165) is 12.1 Å². The van der Waals surface area contributed by atoms with Gasteiger partial charge in [-0.25, -0.2) is 22.0 Å². The van der Waals surface area contributed by atoms with Crippen LogP contribution < -0.4 is 0 Å². The fraction of sp³-hybridized carbons (Fsp3) is 0.417. The zero-order chi connectivity index (χ0) is 16.2. The van der Waals surface area contributed by atoms with E-state index in [0.29, 0.717) is 9.87 Å². The Morgan fingerprint density at radius 3 is 2.48 bits per heavy atom. The fourth-order valence-corrected chi connectivity index (χ4v) is 3.15. The quantitative estimate of drug-likeness (QED) is 0.779. The van der Waals surface area contributed by atoms with Gasteiger partial charge in [-0.15, -0.1) is 0 Å². The van der Waals surface area contributed by atoms with Gasteiger partial charge in [0.25, 0.3) is 6.43 Å². The van der Waals surface area contributed by atoms with Crippen LogP contribution in [0.15, 0.2) is 23.1 Å². The predicted molar refractivity (Wildman–Crippen MR) is 70.0 cm³/mol. The lowest BCUT2D eigenvalue weighted by Gasteiger charge is -2.21. The number of carbonyl (C=O) groups is 1. The summed E-state index contributed by atoms with van der Waals surface area (Å²) >= 11 is 0. The first-order valence-corrected chi connectivity index (χ1v) is 7.37. The van der Waals surface area contributed by atoms with E-state index in [1.54, 1.807) is 0 Å². The number of aryl methyl sites for hydroxylation is 1. The number of sulfonamides is 1. The largest absolute Gasteiger partial charge is 0.478 e. The van der Waals surface area contributed by atoms with Crippen molar-refractivity contribution in [3.05, 3.63) is 29.3 Å². The van der Waals surface area contributed by atoms with E-state index < -0.39 is 47.0 Å². The summed E-state index contributed by atoms with van der Waals surface area (Å²) < 4.78 is 49.8. The molecule has 21 heavy (non-hydrogen) atoms. The van der Waals surface area contributed by atoms with E-state index in [2.05, 4.69) is 0 Å². The maximum Gasteiger partial charge on any atom is 0.335 e. The van der Waals surface area contributed by atoms with E-state index in [1.807, 2.05) is 0 Å². The van der Waals surface area contributed by atoms with Crippen LogP contribution in [-0.2, 0) is 10.0 Å². The molecule has 0 unspecified atom stereocenters. The summed E-state index contributed by atoms with van der Waals surface area (Å²) in [5.41, 5.74) is 0.126. The summed E-state index contributed by atoms with van der Waals surface area (Å²) in [5, 5.41) is 17.8. The molecule has 0 atom stereocenters. The van der Waals surface area contributed by atoms with Crippen molar-refractivity contribution < 1.29 is 32.2 Å². The third kappa shape index (κ3) is 4.19. The number of carboxylic acid groups (broad SMARTS) is 1. The number of aliphatic hydroxyl groups excluding tert-OH is 1. The van der Waals surface area contributed by atoms with Crippen molar-refractivity contribution in [1.82, 2.24) is 4.31 Å². The molecule has 0 bridgehead atoms. The highest BCUT2D eigenvalue weighted by Crippen LogP contribution is 2.20. The Morgan fingerprint density at radius 2 is 2.00 bits per heavy atom. The van der Waals surface area contributed by atoms with E-state index >= 15 is 0 Å². The highest BCUT2D eigenvalue weighted by Gasteiger charge is 2.27. The average molecular weight is 323 g/mol. The average Bonchev–Trinajstić information content (AvgIpc) is 2.37. The summed E-state index contributed by atoms with van der Waals surface area (Å²) in [6.07, 6.45) is -2.91. The minimum Gasteiger partial charge on any atom is -0.478 e. The van der Waals surface area contributed by atoms with Gasteiger partial charge in [0.05, 0.1) is 23.6 Å². The molecule has 6 nitrogen and oxygen atoms in total. The van der Waals surface area contributed by atoms with E-state index in [-0.39, 0.29) is 5.56 Å². The Morgan fingerprint density at radius 1 is 1.38 bits per heavy atom. The first-order valence-electron chi connectivity index (χ1n) is 5.93. The minimum atomic E-state index is -4.30. The molecule has 0 amide bonds. The molecule has 0 saturated heterocycles. The molecule has 0 spiro atoms. The SMILES string of the molecule is Cc1ccc(S(=O)(=O)N(CCO)CC(F)F)cc1C(=O)O. The number of aromatic carboxylic acids is 1. The molecule has 0 aromatic heterocycles. The molecule has 1 aromatic rings. The van der Waals surface area contributed by atoms with E-state index in [9.17, 15) is 22.0 Å². The van der Waals surface area contributed by atoms with Crippen LogP contribution in [0.1, 0.15) is 15.9 Å². The van der Waals surface area contributed by atoms with Crippen molar-refractivity contribution in [2.24, 2.45) is 0 Å². The van der Waals surface area contributed by atoms with Crippen LogP contribution in [0.4, 0.5) is 8.78 Å². The number of nitrogens with zero attached hydrogens (tertiary/aromatic N) is 1. The van der Waals surface area contributed by atoms with Gasteiger partial charge in [-0.1, -0.05) is 6.07 Å². The van der Waals surface area contributed by atoms with Crippen LogP contribution >= 0.6 is 0 Å². The number of benzene rings is 1. The van der Waals surface area contributed by atoms with Crippen molar-refractivity contribution >= 4 is 16.0 Å². The summed E-state index contributed by atoms with van der Waals surface area (Å²) in [6, 6.07) is 3.35. The number of carboxylic acids is 1. The maximum atomic E-state index is 12.4. The summed E-state index contributed by atoms with van der Waals surface area (Å²) in [4.78, 5) is 10.6. The van der Waals surface area contributed by atoms with Gasteiger partial charge in [0.2, 0.25) is 10.0 Å². The van der Waals surface area contributed by atoms with Gasteiger partial charge < -0.3 is 10.2 Å². The first kappa shape index (κ1) is 17.5. The van der Waals surface area contributed by atoms with Gasteiger partial charge in [0.1, 0.15) is 0 Å². The molecule has 0 heterocycles. The zero-order valence-corrected chi connectivity index (χ0v) is 12.0. The molecular weight excluding hydrogens is 308 g/mol. The Bertz CT molecular complexity index is 618. The summed E-state index contributed by atoms with van der Waals surface area (Å²) in [7, 11) is -4.30. The first-order chi connectivity index (χ1) is 9.70. The lowest BCUT2D eigenvalue weighted by atomic mass is 10.1. The van der Waals surface area contributed by atoms with Gasteiger partial charge in [0.15, 0.2) is 0 Å². The molecule has 0 fully saturated rings. The molecule has 0 saturated carbocycles. The number of hydrogen-bond acceptors (Lipinski definition) is 4. The molecule has 1 aromatic carbocycles. The smallest absolute Gasteiger partial charge is 0.335 e. The van der Waals surface area contributed by atoms with Crippen LogP contribution in [0.3, 0.4) is 0 Å². The summed E-state index contributed by atoms with van der Waals surface area (Å²) in [5.74, 6) is -1.31. The van der Waals surface area contributed by atoms with Crippen LogP contribution in [0.25, 0.3) is 0 Å². The number of aliphatic hydroxyl groups is 1. The molecule has 0 aliphatic carbocycles. The minimum absolute atomic E-state index is 0.225. The maximum absolute atomic E-state index is 12.4. The zero-order valence-electron chi connectivity index (χ0n) is 11.2. The molecule has 2 N–H and O–H groups in total. The highest BCUT2D eigenvalue weighted by atomic mass is 32.2. The van der Waals surface area contributed by atoms with Crippen LogP contribution in [0, 0.1) is 6.92 Å². The number of hydrogen-bond donors (Lipinski definition) is 2. The number of halogens is 2. The lowest BCUT2D eigenvalue weighted by molar-refractivity contribution is 0.0695. The molecule has 1 rings (SSSR count). The Balaban J connectivity index is 3.27. The molecule has 9 heteroatoms. The molecular formula is C12H15F2NO5S. The molecule has 118 valence electrons. The van der Waals surface area contributed by atoms with Crippen molar-refractivity contribution in [2.45, 2.75) is 18.2 Å². The van der Waals surface area contributed by atoms with Gasteiger partial charge in [0, 0.05) is 6.54 Å². The van der Waals surface area contributed by atoms with Crippen LogP contribution in [0.5, 0.6) is 0 Å². The third-order valence-electron chi connectivity index (χ3n) is 2.77. The normalized spacial score (nSPS) is 12.1. The van der Waals surface area contributed by atoms with Crippen LogP contribution in [0.2, 0.25) is 0 Å². The predicted octanol–water partition coefficient (Wildman–Crippen LogP) is 0.941. The van der Waals surface area contributed by atoms with E-state index in [1.165, 1.54) is 13.0 Å². The number of rotatable bonds is 7. The Labute approximate surface area is 120 Å². The second-order valence-corrected chi connectivity index (χ2v) is 6.20. The fourth-order valence-electron chi connectivity index (χ4n) is 1.72. The van der Waals surface area contributed by atoms with Gasteiger partial charge in [-0.3, -0.25) is 0 Å². The molecule has 0 radical (unpaired) electrons. The van der Waals surface area contributed by atoms with Gasteiger partial charge in [-0.2, -0.15) is 4.31 Å². The van der Waals surface area contributed by atoms with Crippen molar-refractivity contribution in [3.8, 4) is 0 Å². The van der Waals surface area contributed by atoms with Crippen molar-refractivity contribution in [2.75, 3.05) is 19.7 Å². The molecule has 0 aliphatic rings. The molecule has 0 aliphatic heterocycles. The topological polar surface area (TPSA) is 94.9 Å². The second kappa shape index (κ2) is 6.92. The second-order valence-electron chi connectivity index (χ2n) is 4.26. The summed E-state index contributed by atoms with van der Waals surface area (Å²) in [6.45, 7) is -0.698.